The van der Waals surface area contributed by atoms with Crippen LogP contribution in [0.3, 0.4) is 0 Å². The lowest BCUT2D eigenvalue weighted by Gasteiger charge is -2.31. The predicted octanol–water partition coefficient (Wildman–Crippen LogP) is 2.61. The highest BCUT2D eigenvalue weighted by Crippen LogP contribution is 2.39. The number of pyridine rings is 1. The van der Waals surface area contributed by atoms with Crippen LogP contribution in [0.2, 0.25) is 0 Å². The zero-order valence-corrected chi connectivity index (χ0v) is 13.5. The summed E-state index contributed by atoms with van der Waals surface area (Å²) in [6.07, 6.45) is 7.35. The summed E-state index contributed by atoms with van der Waals surface area (Å²) in [4.78, 5) is 25.5. The Morgan fingerprint density at radius 2 is 2.22 bits per heavy atom. The molecule has 2 aromatic rings. The Hall–Kier alpha value is -2.37. The largest absolute Gasteiger partial charge is 0.448 e. The van der Waals surface area contributed by atoms with Gasteiger partial charge in [-0.2, -0.15) is 0 Å². The molecule has 2 aromatic heterocycles. The van der Waals surface area contributed by atoms with Crippen molar-refractivity contribution in [3.8, 4) is 0 Å². The highest BCUT2D eigenvalue weighted by atomic mass is 16.3. The van der Waals surface area contributed by atoms with E-state index in [1.54, 1.807) is 6.20 Å². The van der Waals surface area contributed by atoms with Crippen molar-refractivity contribution < 1.29 is 9.21 Å². The van der Waals surface area contributed by atoms with Crippen molar-refractivity contribution in [3.63, 3.8) is 0 Å². The minimum Gasteiger partial charge on any atom is -0.448 e. The van der Waals surface area contributed by atoms with Crippen molar-refractivity contribution in [1.29, 1.82) is 0 Å². The normalized spacial score (nSPS) is 17.0. The highest BCUT2D eigenvalue weighted by Gasteiger charge is 2.32. The molecule has 4 rings (SSSR count). The molecule has 3 heterocycles. The number of rotatable bonds is 3. The number of nitrogens with zero attached hydrogens (tertiary/aromatic N) is 4. The van der Waals surface area contributed by atoms with Gasteiger partial charge >= 0.3 is 0 Å². The monoisotopic (exact) mass is 312 g/mol. The summed E-state index contributed by atoms with van der Waals surface area (Å²) in [6, 6.07) is 1.92. The molecule has 1 saturated carbocycles. The van der Waals surface area contributed by atoms with Gasteiger partial charge in [0.2, 0.25) is 0 Å². The predicted molar refractivity (Wildman–Crippen MR) is 87.0 cm³/mol. The summed E-state index contributed by atoms with van der Waals surface area (Å²) in [6.45, 7) is 0.703. The molecule has 1 amide bonds. The molecule has 1 aliphatic carbocycles. The molecule has 2 aliphatic rings. The van der Waals surface area contributed by atoms with E-state index in [1.807, 2.05) is 30.0 Å². The van der Waals surface area contributed by atoms with Gasteiger partial charge in [-0.15, -0.1) is 0 Å². The van der Waals surface area contributed by atoms with Crippen LogP contribution in [0.25, 0.3) is 0 Å². The van der Waals surface area contributed by atoms with Gasteiger partial charge in [0.15, 0.2) is 11.6 Å². The lowest BCUT2D eigenvalue weighted by atomic mass is 10.0. The first-order chi connectivity index (χ1) is 11.1. The molecule has 1 aliphatic heterocycles. The summed E-state index contributed by atoms with van der Waals surface area (Å²) in [5.74, 6) is 1.96. The van der Waals surface area contributed by atoms with Crippen LogP contribution in [-0.4, -0.2) is 36.5 Å². The molecule has 0 saturated heterocycles. The van der Waals surface area contributed by atoms with Gasteiger partial charge < -0.3 is 14.2 Å². The molecular formula is C17H20N4O2. The quantitative estimate of drug-likeness (QED) is 0.872. The lowest BCUT2D eigenvalue weighted by molar-refractivity contribution is 0.0980. The third kappa shape index (κ3) is 2.48. The number of anilines is 2. The number of hydrogen-bond donors (Lipinski definition) is 0. The number of carbonyl (C=O) groups is 1. The van der Waals surface area contributed by atoms with Crippen LogP contribution in [0.4, 0.5) is 11.5 Å². The maximum absolute atomic E-state index is 12.9. The van der Waals surface area contributed by atoms with Gasteiger partial charge in [0, 0.05) is 38.3 Å². The molecular weight excluding hydrogens is 292 g/mol. The van der Waals surface area contributed by atoms with Gasteiger partial charge in [-0.25, -0.2) is 9.97 Å². The standard InChI is InChI=1S/C17H20N4O2/c1-20(2)15-12-4-3-9-21(14(12)7-8-18-15)17(22)13-10-23-16(19-13)11-5-6-11/h7-8,10-11H,3-6,9H2,1-2H3. The molecule has 120 valence electrons. The Balaban J connectivity index is 1.67. The average molecular weight is 312 g/mol. The fourth-order valence-electron chi connectivity index (χ4n) is 3.14. The number of amides is 1. The Kier molecular flexibility index (Phi) is 3.32. The number of oxazole rings is 1. The summed E-state index contributed by atoms with van der Waals surface area (Å²) < 4.78 is 5.47. The number of carbonyl (C=O) groups excluding carboxylic acids is 1. The maximum atomic E-state index is 12.9. The maximum Gasteiger partial charge on any atom is 0.280 e. The molecule has 0 unspecified atom stereocenters. The van der Waals surface area contributed by atoms with Gasteiger partial charge in [-0.05, 0) is 31.7 Å². The van der Waals surface area contributed by atoms with Crippen molar-refractivity contribution in [2.24, 2.45) is 0 Å². The first-order valence-electron chi connectivity index (χ1n) is 8.07. The molecule has 0 atom stereocenters. The van der Waals surface area contributed by atoms with E-state index in [0.717, 1.165) is 42.8 Å². The summed E-state index contributed by atoms with van der Waals surface area (Å²) >= 11 is 0. The first-order valence-corrected chi connectivity index (χ1v) is 8.07. The lowest BCUT2D eigenvalue weighted by Crippen LogP contribution is -2.36. The Morgan fingerprint density at radius 3 is 2.96 bits per heavy atom. The number of hydrogen-bond acceptors (Lipinski definition) is 5. The van der Waals surface area contributed by atoms with E-state index in [-0.39, 0.29) is 5.91 Å². The van der Waals surface area contributed by atoms with Crippen LogP contribution in [-0.2, 0) is 6.42 Å². The van der Waals surface area contributed by atoms with E-state index in [0.29, 0.717) is 24.0 Å². The Labute approximate surface area is 135 Å². The van der Waals surface area contributed by atoms with Crippen LogP contribution in [0.15, 0.2) is 22.9 Å². The van der Waals surface area contributed by atoms with Gasteiger partial charge in [0.1, 0.15) is 12.1 Å². The fourth-order valence-corrected chi connectivity index (χ4v) is 3.14. The number of aromatic nitrogens is 2. The molecule has 0 N–H and O–H groups in total. The zero-order valence-electron chi connectivity index (χ0n) is 13.5. The van der Waals surface area contributed by atoms with E-state index < -0.39 is 0 Å². The van der Waals surface area contributed by atoms with E-state index in [1.165, 1.54) is 6.26 Å². The Morgan fingerprint density at radius 1 is 1.39 bits per heavy atom. The minimum atomic E-state index is -0.0856. The molecule has 23 heavy (non-hydrogen) atoms. The second-order valence-electron chi connectivity index (χ2n) is 6.43. The first kappa shape index (κ1) is 14.2. The van der Waals surface area contributed by atoms with Gasteiger partial charge in [-0.3, -0.25) is 4.79 Å². The molecule has 1 fully saturated rings. The molecule has 0 aromatic carbocycles. The van der Waals surface area contributed by atoms with Crippen LogP contribution in [0, 0.1) is 0 Å². The van der Waals surface area contributed by atoms with E-state index in [4.69, 9.17) is 4.42 Å². The van der Waals surface area contributed by atoms with Crippen molar-refractivity contribution >= 4 is 17.4 Å². The zero-order chi connectivity index (χ0) is 16.0. The van der Waals surface area contributed by atoms with Crippen molar-refractivity contribution in [1.82, 2.24) is 9.97 Å². The van der Waals surface area contributed by atoms with E-state index in [2.05, 4.69) is 9.97 Å². The topological polar surface area (TPSA) is 62.5 Å². The summed E-state index contributed by atoms with van der Waals surface area (Å²) in [5, 5.41) is 0. The smallest absolute Gasteiger partial charge is 0.280 e. The second kappa shape index (κ2) is 5.37. The highest BCUT2D eigenvalue weighted by molar-refractivity contribution is 6.05. The molecule has 6 nitrogen and oxygen atoms in total. The van der Waals surface area contributed by atoms with Crippen LogP contribution in [0.1, 0.15) is 47.1 Å². The molecule has 0 bridgehead atoms. The average Bonchev–Trinajstić information content (AvgIpc) is 3.30. The van der Waals surface area contributed by atoms with Crippen molar-refractivity contribution in [2.45, 2.75) is 31.6 Å². The molecule has 6 heteroatoms. The molecule has 0 radical (unpaired) electrons. The Bertz CT molecular complexity index is 749. The van der Waals surface area contributed by atoms with E-state index >= 15 is 0 Å². The van der Waals surface area contributed by atoms with E-state index in [9.17, 15) is 4.79 Å². The van der Waals surface area contributed by atoms with Crippen LogP contribution in [0.5, 0.6) is 0 Å². The van der Waals surface area contributed by atoms with Crippen LogP contribution >= 0.6 is 0 Å². The van der Waals surface area contributed by atoms with Gasteiger partial charge in [0.25, 0.3) is 5.91 Å². The van der Waals surface area contributed by atoms with Crippen molar-refractivity contribution in [3.05, 3.63) is 35.7 Å². The fraction of sp³-hybridized carbons (Fsp3) is 0.471. The van der Waals surface area contributed by atoms with Gasteiger partial charge in [0.05, 0.1) is 5.69 Å². The SMILES string of the molecule is CN(C)c1nccc2c1CCCN2C(=O)c1coc(C2CC2)n1. The summed E-state index contributed by atoms with van der Waals surface area (Å²) in [7, 11) is 3.95. The summed E-state index contributed by atoms with van der Waals surface area (Å²) in [5.41, 5.74) is 2.47. The third-order valence-electron chi connectivity index (χ3n) is 4.44. The van der Waals surface area contributed by atoms with Crippen molar-refractivity contribution in [2.75, 3.05) is 30.4 Å². The third-order valence-corrected chi connectivity index (χ3v) is 4.44. The second-order valence-corrected chi connectivity index (χ2v) is 6.43. The number of fused-ring (bicyclic) bond motifs is 1. The molecule has 0 spiro atoms. The van der Waals surface area contributed by atoms with Crippen LogP contribution < -0.4 is 9.80 Å². The van der Waals surface area contributed by atoms with Gasteiger partial charge in [-0.1, -0.05) is 0 Å². The minimum absolute atomic E-state index is 0.0856.